The van der Waals surface area contributed by atoms with E-state index in [1.807, 2.05) is 5.43 Å². The van der Waals surface area contributed by atoms with Crippen molar-refractivity contribution in [1.82, 2.24) is 10.4 Å². The van der Waals surface area contributed by atoms with E-state index in [1.165, 1.54) is 7.11 Å². The van der Waals surface area contributed by atoms with Gasteiger partial charge in [-0.2, -0.15) is 0 Å². The molecule has 0 spiro atoms. The Morgan fingerprint density at radius 1 is 1.53 bits per heavy atom. The van der Waals surface area contributed by atoms with E-state index in [1.54, 1.807) is 6.92 Å². The lowest BCUT2D eigenvalue weighted by atomic mass is 10.3. The molecule has 3 N–H and O–H groups in total. The van der Waals surface area contributed by atoms with Crippen LogP contribution in [0.2, 0.25) is 0 Å². The van der Waals surface area contributed by atoms with E-state index >= 15 is 0 Å². The van der Waals surface area contributed by atoms with Crippen LogP contribution in [0.5, 0.6) is 0 Å². The molecular formula is C10H17N3O4S2. The van der Waals surface area contributed by atoms with Gasteiger partial charge in [-0.1, -0.05) is 6.92 Å². The molecule has 1 aromatic heterocycles. The maximum absolute atomic E-state index is 11.7. The number of methoxy groups -OCH3 is 1. The number of hydrogen-bond acceptors (Lipinski definition) is 7. The zero-order valence-electron chi connectivity index (χ0n) is 10.8. The quantitative estimate of drug-likeness (QED) is 0.423. The number of rotatable bonds is 7. The van der Waals surface area contributed by atoms with Crippen molar-refractivity contribution in [2.45, 2.75) is 25.7 Å². The summed E-state index contributed by atoms with van der Waals surface area (Å²) in [6.07, 6.45) is 0.550. The number of nitrogen functional groups attached to an aromatic ring is 1. The fraction of sp³-hybridized carbons (Fsp3) is 0.600. The molecule has 108 valence electrons. The van der Waals surface area contributed by atoms with Gasteiger partial charge in [0.25, 0.3) is 5.91 Å². The summed E-state index contributed by atoms with van der Waals surface area (Å²) in [7, 11) is -1.72. The van der Waals surface area contributed by atoms with Crippen molar-refractivity contribution in [3.63, 3.8) is 0 Å². The third-order valence-electron chi connectivity index (χ3n) is 2.22. The monoisotopic (exact) mass is 307 g/mol. The number of aromatic nitrogens is 1. The third kappa shape index (κ3) is 4.53. The van der Waals surface area contributed by atoms with Gasteiger partial charge >= 0.3 is 0 Å². The van der Waals surface area contributed by atoms with Crippen LogP contribution in [0, 0.1) is 0 Å². The predicted molar refractivity (Wildman–Crippen MR) is 72.3 cm³/mol. The molecule has 0 radical (unpaired) electrons. The van der Waals surface area contributed by atoms with Gasteiger partial charge in [0, 0.05) is 7.11 Å². The Hall–Kier alpha value is -1.03. The second kappa shape index (κ2) is 6.94. The number of ether oxygens (including phenoxy) is 1. The van der Waals surface area contributed by atoms with Crippen LogP contribution in [0.3, 0.4) is 0 Å². The van der Waals surface area contributed by atoms with Crippen LogP contribution in [0.25, 0.3) is 0 Å². The molecule has 0 atom stereocenters. The van der Waals surface area contributed by atoms with Gasteiger partial charge in [0.1, 0.15) is 15.6 Å². The van der Waals surface area contributed by atoms with Gasteiger partial charge in [0.05, 0.1) is 18.1 Å². The second-order valence-electron chi connectivity index (χ2n) is 3.88. The number of amides is 1. The molecule has 0 aliphatic rings. The summed E-state index contributed by atoms with van der Waals surface area (Å²) in [6.45, 7) is 1.93. The lowest BCUT2D eigenvalue weighted by Crippen LogP contribution is -2.30. The first kappa shape index (κ1) is 16.0. The highest BCUT2D eigenvalue weighted by atomic mass is 32.2. The Morgan fingerprint density at radius 2 is 2.21 bits per heavy atom. The number of sulfone groups is 1. The maximum atomic E-state index is 11.7. The van der Waals surface area contributed by atoms with Crippen molar-refractivity contribution < 1.29 is 17.9 Å². The lowest BCUT2D eigenvalue weighted by Gasteiger charge is -1.98. The highest BCUT2D eigenvalue weighted by Gasteiger charge is 2.20. The van der Waals surface area contributed by atoms with E-state index in [0.29, 0.717) is 17.1 Å². The number of carbonyl (C=O) groups excluding carboxylic acids is 1. The van der Waals surface area contributed by atoms with Crippen LogP contribution in [0.1, 0.15) is 33.7 Å². The molecule has 7 nitrogen and oxygen atoms in total. The smallest absolute Gasteiger partial charge is 0.277 e. The minimum atomic E-state index is -3.19. The second-order valence-corrected chi connectivity index (χ2v) is 7.15. The molecule has 1 heterocycles. The Morgan fingerprint density at radius 3 is 2.74 bits per heavy atom. The zero-order valence-corrected chi connectivity index (χ0v) is 12.4. The van der Waals surface area contributed by atoms with Gasteiger partial charge in [-0.3, -0.25) is 10.2 Å². The molecule has 0 aliphatic carbocycles. The zero-order chi connectivity index (χ0) is 14.5. The summed E-state index contributed by atoms with van der Waals surface area (Å²) >= 11 is 1.02. The molecule has 1 amide bonds. The largest absolute Gasteiger partial charge is 0.378 e. The molecule has 9 heteroatoms. The van der Waals surface area contributed by atoms with Gasteiger partial charge in [0.2, 0.25) is 0 Å². The van der Waals surface area contributed by atoms with E-state index < -0.39 is 15.7 Å². The first-order valence-electron chi connectivity index (χ1n) is 5.62. The van der Waals surface area contributed by atoms with Gasteiger partial charge in [-0.25, -0.2) is 19.2 Å². The molecule has 0 fully saturated rings. The molecule has 1 rings (SSSR count). The Labute approximate surface area is 116 Å². The van der Waals surface area contributed by atoms with Gasteiger partial charge in [-0.15, -0.1) is 11.3 Å². The van der Waals surface area contributed by atoms with Crippen molar-refractivity contribution in [2.75, 3.05) is 12.9 Å². The molecule has 0 saturated heterocycles. The van der Waals surface area contributed by atoms with E-state index in [9.17, 15) is 13.2 Å². The van der Waals surface area contributed by atoms with Crippen molar-refractivity contribution in [1.29, 1.82) is 0 Å². The number of nitrogens with two attached hydrogens (primary N) is 1. The number of nitrogens with one attached hydrogen (secondary N) is 1. The molecule has 0 bridgehead atoms. The maximum Gasteiger partial charge on any atom is 0.277 e. The Balaban J connectivity index is 3.01. The number of thiazole rings is 1. The Kier molecular flexibility index (Phi) is 5.85. The molecular weight excluding hydrogens is 290 g/mol. The molecule has 0 saturated carbocycles. The average molecular weight is 307 g/mol. The highest BCUT2D eigenvalue weighted by molar-refractivity contribution is 7.90. The molecule has 0 unspecified atom stereocenters. The normalized spacial score (nSPS) is 11.5. The van der Waals surface area contributed by atoms with Crippen molar-refractivity contribution in [3.05, 3.63) is 15.6 Å². The topological polar surface area (TPSA) is 111 Å². The van der Waals surface area contributed by atoms with Crippen LogP contribution >= 0.6 is 11.3 Å². The number of hydrogen-bond donors (Lipinski definition) is 2. The average Bonchev–Trinajstić information content (AvgIpc) is 2.70. The van der Waals surface area contributed by atoms with E-state index in [4.69, 9.17) is 10.6 Å². The van der Waals surface area contributed by atoms with Crippen LogP contribution in [0.4, 0.5) is 0 Å². The minimum Gasteiger partial charge on any atom is -0.378 e. The van der Waals surface area contributed by atoms with Crippen LogP contribution in [-0.4, -0.2) is 32.2 Å². The summed E-state index contributed by atoms with van der Waals surface area (Å²) in [5.41, 5.74) is 2.41. The predicted octanol–water partition coefficient (Wildman–Crippen LogP) is 0.218. The fourth-order valence-electron chi connectivity index (χ4n) is 1.51. The lowest BCUT2D eigenvalue weighted by molar-refractivity contribution is 0.0952. The number of nitrogens with zero attached hydrogens (tertiary/aromatic N) is 1. The summed E-state index contributed by atoms with van der Waals surface area (Å²) in [4.78, 5) is 16.0. The molecule has 0 aliphatic heterocycles. The van der Waals surface area contributed by atoms with Crippen molar-refractivity contribution in [2.24, 2.45) is 5.84 Å². The summed E-state index contributed by atoms with van der Waals surface area (Å²) in [5.74, 6) is 4.51. The van der Waals surface area contributed by atoms with Crippen LogP contribution in [0.15, 0.2) is 0 Å². The van der Waals surface area contributed by atoms with Gasteiger partial charge in [-0.05, 0) is 6.42 Å². The van der Waals surface area contributed by atoms with Gasteiger partial charge < -0.3 is 4.74 Å². The van der Waals surface area contributed by atoms with Gasteiger partial charge in [0.15, 0.2) is 9.84 Å². The van der Waals surface area contributed by atoms with Crippen molar-refractivity contribution >= 4 is 27.1 Å². The first-order chi connectivity index (χ1) is 8.93. The Bertz CT molecular complexity index is 539. The third-order valence-corrected chi connectivity index (χ3v) is 5.24. The fourth-order valence-corrected chi connectivity index (χ4v) is 4.26. The van der Waals surface area contributed by atoms with Crippen molar-refractivity contribution in [3.8, 4) is 0 Å². The minimum absolute atomic E-state index is 0.102. The van der Waals surface area contributed by atoms with E-state index in [2.05, 4.69) is 4.98 Å². The summed E-state index contributed by atoms with van der Waals surface area (Å²) < 4.78 is 28.4. The molecule has 0 aromatic carbocycles. The number of carbonyl (C=O) groups is 1. The standard InChI is InChI=1S/C10H17N3O4S2/c1-3-4-19(15,16)6-8-12-7(5-17-2)9(18-8)10(14)13-11/h3-6,11H2,1-2H3,(H,13,14). The highest BCUT2D eigenvalue weighted by Crippen LogP contribution is 2.21. The van der Waals surface area contributed by atoms with Crippen LogP contribution in [-0.2, 0) is 26.9 Å². The molecule has 19 heavy (non-hydrogen) atoms. The van der Waals surface area contributed by atoms with Crippen LogP contribution < -0.4 is 11.3 Å². The first-order valence-corrected chi connectivity index (χ1v) is 8.26. The SMILES string of the molecule is CCCS(=O)(=O)Cc1nc(COC)c(C(=O)NN)s1. The van der Waals surface area contributed by atoms with E-state index in [-0.39, 0.29) is 23.0 Å². The molecule has 1 aromatic rings. The van der Waals surface area contributed by atoms with E-state index in [0.717, 1.165) is 11.3 Å². The summed E-state index contributed by atoms with van der Waals surface area (Å²) in [5, 5.41) is 0.374. The number of hydrazine groups is 1. The summed E-state index contributed by atoms with van der Waals surface area (Å²) in [6, 6.07) is 0.